The van der Waals surface area contributed by atoms with Gasteiger partial charge >= 0.3 is 0 Å². The van der Waals surface area contributed by atoms with Crippen LogP contribution in [0.2, 0.25) is 0 Å². The first-order valence-electron chi connectivity index (χ1n) is 12.8. The van der Waals surface area contributed by atoms with Crippen LogP contribution in [0.25, 0.3) is 0 Å². The van der Waals surface area contributed by atoms with Gasteiger partial charge in [-0.1, -0.05) is 0 Å². The van der Waals surface area contributed by atoms with Gasteiger partial charge in [0.15, 0.2) is 11.1 Å². The number of halogens is 2. The van der Waals surface area contributed by atoms with Crippen LogP contribution in [0.1, 0.15) is 55.4 Å². The Morgan fingerprint density at radius 3 is 1.27 bits per heavy atom. The van der Waals surface area contributed by atoms with Crippen molar-refractivity contribution in [2.24, 2.45) is 30.4 Å². The third-order valence-electron chi connectivity index (χ3n) is 5.51. The molecule has 0 aromatic carbocycles. The number of amides is 2. The summed E-state index contributed by atoms with van der Waals surface area (Å²) < 4.78 is 0. The fraction of sp³-hybridized carbons (Fsp3) is 0.833. The minimum absolute atomic E-state index is 0. The second-order valence-corrected chi connectivity index (χ2v) is 10.9. The Morgan fingerprint density at radius 1 is 0.700 bits per heavy atom. The molecule has 14 nitrogen and oxygen atoms in total. The van der Waals surface area contributed by atoms with Crippen molar-refractivity contribution in [1.29, 1.82) is 0 Å². The monoisotopic (exact) mass is 610 g/mol. The van der Waals surface area contributed by atoms with E-state index in [9.17, 15) is 9.59 Å². The first-order valence-corrected chi connectivity index (χ1v) is 12.8. The van der Waals surface area contributed by atoms with E-state index in [1.807, 2.05) is 27.7 Å². The van der Waals surface area contributed by atoms with Crippen molar-refractivity contribution in [3.05, 3.63) is 0 Å². The molecule has 2 amide bonds. The van der Waals surface area contributed by atoms with E-state index in [1.54, 1.807) is 27.7 Å². The van der Waals surface area contributed by atoms with Gasteiger partial charge in [0.25, 0.3) is 0 Å². The molecule has 0 bridgehead atoms. The highest BCUT2D eigenvalue weighted by Crippen LogP contribution is 2.19. The smallest absolute Gasteiger partial charge is 0.249 e. The molecule has 0 unspecified atom stereocenters. The summed E-state index contributed by atoms with van der Waals surface area (Å²) in [5, 5.41) is 45.6. The fourth-order valence-electron chi connectivity index (χ4n) is 3.07. The summed E-state index contributed by atoms with van der Waals surface area (Å²) in [6.45, 7) is 17.7. The summed E-state index contributed by atoms with van der Waals surface area (Å²) in [7, 11) is 0. The lowest BCUT2D eigenvalue weighted by Crippen LogP contribution is -2.44. The van der Waals surface area contributed by atoms with E-state index in [0.717, 1.165) is 37.9 Å². The summed E-state index contributed by atoms with van der Waals surface area (Å²) >= 11 is 0. The number of nitrogens with one attached hydrogen (secondary N) is 4. The van der Waals surface area contributed by atoms with Crippen molar-refractivity contribution in [1.82, 2.24) is 21.3 Å². The van der Waals surface area contributed by atoms with E-state index in [-0.39, 0.29) is 62.9 Å². The molecule has 0 aromatic heterocycles. The van der Waals surface area contributed by atoms with Gasteiger partial charge in [0.1, 0.15) is 22.7 Å². The predicted molar refractivity (Wildman–Crippen MR) is 161 cm³/mol. The van der Waals surface area contributed by atoms with Crippen molar-refractivity contribution < 1.29 is 19.8 Å². The average molecular weight is 612 g/mol. The van der Waals surface area contributed by atoms with Crippen LogP contribution in [-0.2, 0) is 9.59 Å². The molecule has 0 saturated heterocycles. The molecule has 2 aliphatic rings. The molecule has 232 valence electrons. The standard InChI is InChI=1S/C12H22N6.C12H24N4O4.2ClH/c1-11(2,9-13-5-6-14-9)17-18-12(3,4)10-15-7-8-16-10;1-11(2,9(19)13-5-7-17)15-16-12(3,4)10(20)14-6-8-18;;/h5-8H2,1-4H3,(H,13,14)(H,15,16);17-18H,5-8H2,1-4H3,(H,13,19)(H,14,20);2*1H. The zero-order chi connectivity index (χ0) is 29.0. The highest BCUT2D eigenvalue weighted by atomic mass is 35.5. The van der Waals surface area contributed by atoms with Crippen LogP contribution in [0.3, 0.4) is 0 Å². The molecule has 0 spiro atoms. The van der Waals surface area contributed by atoms with Crippen molar-refractivity contribution in [2.75, 3.05) is 52.5 Å². The second-order valence-electron chi connectivity index (χ2n) is 10.9. The van der Waals surface area contributed by atoms with Crippen LogP contribution in [-0.4, -0.2) is 108 Å². The predicted octanol–water partition coefficient (Wildman–Crippen LogP) is 1.06. The summed E-state index contributed by atoms with van der Waals surface area (Å²) in [5.74, 6) is 1.07. The van der Waals surface area contributed by atoms with Gasteiger partial charge in [0, 0.05) is 26.2 Å². The number of hydrogen-bond acceptors (Lipinski definition) is 12. The van der Waals surface area contributed by atoms with Gasteiger partial charge in [0.2, 0.25) is 11.8 Å². The maximum atomic E-state index is 11.8. The van der Waals surface area contributed by atoms with Gasteiger partial charge in [-0.25, -0.2) is 0 Å². The third kappa shape index (κ3) is 12.8. The number of rotatable bonds is 12. The SMILES string of the molecule is CC(C)(N=NC(C)(C)C(=O)NCCO)C(=O)NCCO.CC(C)(N=NC(C)(C)C1=NCCN1)C1=NCCN1.Cl.Cl. The lowest BCUT2D eigenvalue weighted by atomic mass is 10.0. The highest BCUT2D eigenvalue weighted by molar-refractivity contribution is 5.93. The fourth-order valence-corrected chi connectivity index (χ4v) is 3.07. The molecule has 0 atom stereocenters. The lowest BCUT2D eigenvalue weighted by molar-refractivity contribution is -0.127. The van der Waals surface area contributed by atoms with Crippen LogP contribution in [0.15, 0.2) is 30.4 Å². The Kier molecular flexibility index (Phi) is 17.3. The number of hydrogen-bond donors (Lipinski definition) is 6. The maximum absolute atomic E-state index is 11.8. The van der Waals surface area contributed by atoms with Crippen LogP contribution in [0.5, 0.6) is 0 Å². The minimum Gasteiger partial charge on any atom is -0.395 e. The van der Waals surface area contributed by atoms with Gasteiger partial charge < -0.3 is 31.5 Å². The molecule has 2 heterocycles. The number of aliphatic imine (C=N–C) groups is 2. The number of aliphatic hydroxyl groups excluding tert-OH is 2. The Balaban J connectivity index is 0. The molecule has 2 aliphatic heterocycles. The van der Waals surface area contributed by atoms with Crippen LogP contribution in [0, 0.1) is 0 Å². The maximum Gasteiger partial charge on any atom is 0.249 e. The molecule has 0 saturated carbocycles. The first kappa shape index (κ1) is 39.7. The zero-order valence-corrected chi connectivity index (χ0v) is 26.5. The molecule has 16 heteroatoms. The second kappa shape index (κ2) is 17.4. The van der Waals surface area contributed by atoms with E-state index in [2.05, 4.69) is 51.7 Å². The molecule has 6 N–H and O–H groups in total. The van der Waals surface area contributed by atoms with Gasteiger partial charge in [-0.2, -0.15) is 20.5 Å². The zero-order valence-electron chi connectivity index (χ0n) is 24.9. The average Bonchev–Trinajstić information content (AvgIpc) is 3.59. The number of aliphatic hydroxyl groups is 2. The van der Waals surface area contributed by atoms with Gasteiger partial charge in [0.05, 0.1) is 26.3 Å². The third-order valence-corrected chi connectivity index (χ3v) is 5.51. The Hall–Kier alpha value is -2.42. The molecule has 0 radical (unpaired) electrons. The molecule has 0 fully saturated rings. The largest absolute Gasteiger partial charge is 0.395 e. The molecule has 0 aliphatic carbocycles. The van der Waals surface area contributed by atoms with E-state index in [1.165, 1.54) is 0 Å². The summed E-state index contributed by atoms with van der Waals surface area (Å²) in [4.78, 5) is 32.4. The lowest BCUT2D eigenvalue weighted by Gasteiger charge is -2.23. The van der Waals surface area contributed by atoms with E-state index < -0.39 is 22.2 Å². The molecular weight excluding hydrogens is 563 g/mol. The number of nitrogens with zero attached hydrogens (tertiary/aromatic N) is 6. The van der Waals surface area contributed by atoms with Gasteiger partial charge in [-0.05, 0) is 55.4 Å². The van der Waals surface area contributed by atoms with Crippen molar-refractivity contribution >= 4 is 48.3 Å². The highest BCUT2D eigenvalue weighted by Gasteiger charge is 2.32. The Labute approximate surface area is 249 Å². The first-order chi connectivity index (χ1) is 17.6. The van der Waals surface area contributed by atoms with Crippen molar-refractivity contribution in [3.8, 4) is 0 Å². The van der Waals surface area contributed by atoms with E-state index in [0.29, 0.717) is 0 Å². The molecule has 2 rings (SSSR count). The Morgan fingerprint density at radius 2 is 1.02 bits per heavy atom. The number of amidine groups is 2. The van der Waals surface area contributed by atoms with Crippen molar-refractivity contribution in [3.63, 3.8) is 0 Å². The van der Waals surface area contributed by atoms with E-state index in [4.69, 9.17) is 10.2 Å². The quantitative estimate of drug-likeness (QED) is 0.178. The molecular formula is C24H48Cl2N10O4. The van der Waals surface area contributed by atoms with Crippen LogP contribution >= 0.6 is 24.8 Å². The topological polar surface area (TPSA) is 197 Å². The number of azo groups is 2. The van der Waals surface area contributed by atoms with E-state index >= 15 is 0 Å². The van der Waals surface area contributed by atoms with Crippen LogP contribution < -0.4 is 21.3 Å². The summed E-state index contributed by atoms with van der Waals surface area (Å²) in [5.41, 5.74) is -3.06. The normalized spacial score (nSPS) is 15.6. The number of carbonyl (C=O) groups excluding carboxylic acids is 2. The summed E-state index contributed by atoms with van der Waals surface area (Å²) in [6.07, 6.45) is 0. The van der Waals surface area contributed by atoms with Gasteiger partial charge in [-0.15, -0.1) is 24.8 Å². The summed E-state index contributed by atoms with van der Waals surface area (Å²) in [6, 6.07) is 0. The molecule has 0 aromatic rings. The number of carbonyl (C=O) groups is 2. The van der Waals surface area contributed by atoms with Crippen molar-refractivity contribution in [2.45, 2.75) is 77.5 Å². The van der Waals surface area contributed by atoms with Gasteiger partial charge in [-0.3, -0.25) is 19.6 Å². The van der Waals surface area contributed by atoms with Crippen LogP contribution in [0.4, 0.5) is 0 Å². The minimum atomic E-state index is -1.14. The molecule has 40 heavy (non-hydrogen) atoms. The Bertz CT molecular complexity index is 863.